The molecule has 0 aliphatic rings. The van der Waals surface area contributed by atoms with Gasteiger partial charge >= 0.3 is 6.18 Å². The molecule has 1 heterocycles. The molecule has 0 aliphatic carbocycles. The Morgan fingerprint density at radius 2 is 1.91 bits per heavy atom. The van der Waals surface area contributed by atoms with E-state index in [2.05, 4.69) is 4.98 Å². The number of halogens is 3. The summed E-state index contributed by atoms with van der Waals surface area (Å²) in [6, 6.07) is 7.15. The molecule has 23 heavy (non-hydrogen) atoms. The number of alkyl halides is 3. The molecule has 0 amide bonds. The van der Waals surface area contributed by atoms with Gasteiger partial charge in [0.15, 0.2) is 0 Å². The van der Waals surface area contributed by atoms with Gasteiger partial charge in [0, 0.05) is 11.3 Å². The lowest BCUT2D eigenvalue weighted by atomic mass is 9.89. The number of nitriles is 1. The summed E-state index contributed by atoms with van der Waals surface area (Å²) in [5.74, 6) is -0.0446. The molecular formula is C17H16F3N3. The summed E-state index contributed by atoms with van der Waals surface area (Å²) in [6.07, 6.45) is -3.27. The maximum Gasteiger partial charge on any atom is 0.417 e. The van der Waals surface area contributed by atoms with Gasteiger partial charge in [0.2, 0.25) is 0 Å². The standard InChI is InChI=1S/C17H16F3N3/c1-3-6-11-10(2)23-16(22)13(9-21)15(11)12-7-4-5-8-14(12)17(18,19)20/h4-5,7-8H,3,6H2,1-2H3,(H2,22,23). The number of aryl methyl sites for hydroxylation is 1. The summed E-state index contributed by atoms with van der Waals surface area (Å²) < 4.78 is 40.1. The van der Waals surface area contributed by atoms with Crippen LogP contribution in [0.4, 0.5) is 19.0 Å². The lowest BCUT2D eigenvalue weighted by Gasteiger charge is -2.19. The Balaban J connectivity index is 2.91. The maximum atomic E-state index is 13.4. The van der Waals surface area contributed by atoms with E-state index in [9.17, 15) is 18.4 Å². The molecule has 2 aromatic rings. The largest absolute Gasteiger partial charge is 0.417 e. The van der Waals surface area contributed by atoms with Crippen LogP contribution in [-0.2, 0) is 12.6 Å². The minimum Gasteiger partial charge on any atom is -0.383 e. The van der Waals surface area contributed by atoms with Gasteiger partial charge in [-0.05, 0) is 30.5 Å². The smallest absolute Gasteiger partial charge is 0.383 e. The lowest BCUT2D eigenvalue weighted by molar-refractivity contribution is -0.137. The molecule has 0 aliphatic heterocycles. The van der Waals surface area contributed by atoms with Gasteiger partial charge in [-0.3, -0.25) is 0 Å². The van der Waals surface area contributed by atoms with E-state index < -0.39 is 11.7 Å². The van der Waals surface area contributed by atoms with E-state index in [0.29, 0.717) is 17.7 Å². The number of aromatic nitrogens is 1. The fraction of sp³-hybridized carbons (Fsp3) is 0.294. The summed E-state index contributed by atoms with van der Waals surface area (Å²) in [5, 5.41) is 9.39. The van der Waals surface area contributed by atoms with Crippen LogP contribution in [0.2, 0.25) is 0 Å². The Kier molecular flexibility index (Phi) is 4.60. The Labute approximate surface area is 132 Å². The molecular weight excluding hydrogens is 303 g/mol. The van der Waals surface area contributed by atoms with E-state index in [1.165, 1.54) is 18.2 Å². The average molecular weight is 319 g/mol. The summed E-state index contributed by atoms with van der Waals surface area (Å²) >= 11 is 0. The molecule has 0 saturated heterocycles. The Bertz CT molecular complexity index is 774. The molecule has 2 N–H and O–H groups in total. The van der Waals surface area contributed by atoms with Crippen LogP contribution in [-0.4, -0.2) is 4.98 Å². The zero-order chi connectivity index (χ0) is 17.2. The number of anilines is 1. The van der Waals surface area contributed by atoms with Crippen molar-refractivity contribution in [2.24, 2.45) is 0 Å². The van der Waals surface area contributed by atoms with Crippen LogP contribution in [0.3, 0.4) is 0 Å². The molecule has 0 atom stereocenters. The molecule has 0 spiro atoms. The van der Waals surface area contributed by atoms with Gasteiger partial charge in [-0.15, -0.1) is 0 Å². The number of pyridine rings is 1. The number of benzene rings is 1. The summed E-state index contributed by atoms with van der Waals surface area (Å²) in [7, 11) is 0. The molecule has 120 valence electrons. The zero-order valence-corrected chi connectivity index (χ0v) is 12.8. The third kappa shape index (κ3) is 3.14. The highest BCUT2D eigenvalue weighted by atomic mass is 19.4. The molecule has 3 nitrogen and oxygen atoms in total. The molecule has 0 unspecified atom stereocenters. The average Bonchev–Trinajstić information content (AvgIpc) is 2.49. The fourth-order valence-corrected chi connectivity index (χ4v) is 2.68. The van der Waals surface area contributed by atoms with Crippen molar-refractivity contribution in [3.63, 3.8) is 0 Å². The number of hydrogen-bond acceptors (Lipinski definition) is 3. The van der Waals surface area contributed by atoms with Crippen LogP contribution in [0.1, 0.15) is 35.7 Å². The summed E-state index contributed by atoms with van der Waals surface area (Å²) in [6.45, 7) is 3.61. The molecule has 1 aromatic carbocycles. The second-order valence-corrected chi connectivity index (χ2v) is 5.22. The first-order valence-corrected chi connectivity index (χ1v) is 7.16. The zero-order valence-electron chi connectivity index (χ0n) is 12.8. The van der Waals surface area contributed by atoms with E-state index in [-0.39, 0.29) is 22.5 Å². The number of nitrogens with two attached hydrogens (primary N) is 1. The van der Waals surface area contributed by atoms with Gasteiger partial charge in [0.1, 0.15) is 17.5 Å². The number of rotatable bonds is 3. The van der Waals surface area contributed by atoms with Gasteiger partial charge < -0.3 is 5.73 Å². The molecule has 0 bridgehead atoms. The molecule has 6 heteroatoms. The highest BCUT2D eigenvalue weighted by Gasteiger charge is 2.34. The Hall–Kier alpha value is -2.55. The SMILES string of the molecule is CCCc1c(C)nc(N)c(C#N)c1-c1ccccc1C(F)(F)F. The highest BCUT2D eigenvalue weighted by Crippen LogP contribution is 2.41. The van der Waals surface area contributed by atoms with Gasteiger partial charge in [-0.25, -0.2) is 4.98 Å². The van der Waals surface area contributed by atoms with Gasteiger partial charge in [0.25, 0.3) is 0 Å². The van der Waals surface area contributed by atoms with Gasteiger partial charge in [-0.2, -0.15) is 18.4 Å². The van der Waals surface area contributed by atoms with Crippen LogP contribution in [0.25, 0.3) is 11.1 Å². The van der Waals surface area contributed by atoms with Crippen molar-refractivity contribution in [3.8, 4) is 17.2 Å². The molecule has 0 fully saturated rings. The number of nitrogens with zero attached hydrogens (tertiary/aromatic N) is 2. The fourth-order valence-electron chi connectivity index (χ4n) is 2.68. The van der Waals surface area contributed by atoms with Crippen LogP contribution >= 0.6 is 0 Å². The minimum absolute atomic E-state index is 0.00394. The van der Waals surface area contributed by atoms with E-state index in [0.717, 1.165) is 12.5 Å². The monoisotopic (exact) mass is 319 g/mol. The lowest BCUT2D eigenvalue weighted by Crippen LogP contribution is -2.11. The molecule has 0 radical (unpaired) electrons. The summed E-state index contributed by atoms with van der Waals surface area (Å²) in [5.41, 5.74) is 6.39. The van der Waals surface area contributed by atoms with Crippen molar-refractivity contribution in [1.29, 1.82) is 5.26 Å². The predicted molar refractivity (Wildman–Crippen MR) is 82.5 cm³/mol. The van der Waals surface area contributed by atoms with Crippen molar-refractivity contribution in [3.05, 3.63) is 46.6 Å². The Morgan fingerprint density at radius 3 is 2.48 bits per heavy atom. The van der Waals surface area contributed by atoms with E-state index in [1.807, 2.05) is 13.0 Å². The molecule has 0 saturated carbocycles. The Morgan fingerprint density at radius 1 is 1.26 bits per heavy atom. The summed E-state index contributed by atoms with van der Waals surface area (Å²) in [4.78, 5) is 4.12. The van der Waals surface area contributed by atoms with Gasteiger partial charge in [-0.1, -0.05) is 31.5 Å². The first-order valence-electron chi connectivity index (χ1n) is 7.16. The van der Waals surface area contributed by atoms with E-state index in [4.69, 9.17) is 5.73 Å². The second kappa shape index (κ2) is 6.29. The quantitative estimate of drug-likeness (QED) is 0.907. The van der Waals surface area contributed by atoms with Crippen LogP contribution in [0.5, 0.6) is 0 Å². The normalized spacial score (nSPS) is 11.3. The van der Waals surface area contributed by atoms with Crippen LogP contribution < -0.4 is 5.73 Å². The minimum atomic E-state index is -4.52. The first-order chi connectivity index (χ1) is 10.8. The molecule has 2 rings (SSSR count). The second-order valence-electron chi connectivity index (χ2n) is 5.22. The third-order valence-corrected chi connectivity index (χ3v) is 3.65. The van der Waals surface area contributed by atoms with E-state index in [1.54, 1.807) is 6.92 Å². The maximum absolute atomic E-state index is 13.4. The predicted octanol–water partition coefficient (Wildman–Crippen LogP) is 4.48. The highest BCUT2D eigenvalue weighted by molar-refractivity contribution is 5.81. The topological polar surface area (TPSA) is 62.7 Å². The van der Waals surface area contributed by atoms with Crippen molar-refractivity contribution in [2.45, 2.75) is 32.9 Å². The van der Waals surface area contributed by atoms with Crippen molar-refractivity contribution in [1.82, 2.24) is 4.98 Å². The number of nitrogen functional groups attached to an aromatic ring is 1. The van der Waals surface area contributed by atoms with Gasteiger partial charge in [0.05, 0.1) is 5.56 Å². The number of hydrogen-bond donors (Lipinski definition) is 1. The van der Waals surface area contributed by atoms with Crippen molar-refractivity contribution < 1.29 is 13.2 Å². The first kappa shape index (κ1) is 16.8. The van der Waals surface area contributed by atoms with Crippen LogP contribution in [0.15, 0.2) is 24.3 Å². The third-order valence-electron chi connectivity index (χ3n) is 3.65. The molecule has 1 aromatic heterocycles. The van der Waals surface area contributed by atoms with E-state index >= 15 is 0 Å². The van der Waals surface area contributed by atoms with Crippen molar-refractivity contribution in [2.75, 3.05) is 5.73 Å². The van der Waals surface area contributed by atoms with Crippen molar-refractivity contribution >= 4 is 5.82 Å². The van der Waals surface area contributed by atoms with Crippen LogP contribution in [0, 0.1) is 18.3 Å².